The summed E-state index contributed by atoms with van der Waals surface area (Å²) in [5, 5.41) is 0. The molecular weight excluding hydrogens is 358 g/mol. The molecule has 0 aliphatic carbocycles. The Labute approximate surface area is 179 Å². The molecular formula is C28H20B2. The zero-order valence-electron chi connectivity index (χ0n) is 17.2. The van der Waals surface area contributed by atoms with Gasteiger partial charge in [-0.3, -0.25) is 0 Å². The number of rotatable bonds is 0. The molecule has 0 bridgehead atoms. The Morgan fingerprint density at radius 2 is 0.900 bits per heavy atom. The third-order valence-electron chi connectivity index (χ3n) is 6.55. The van der Waals surface area contributed by atoms with Crippen LogP contribution in [0.4, 0.5) is 0 Å². The van der Waals surface area contributed by atoms with Crippen LogP contribution >= 0.6 is 0 Å². The molecule has 2 heteroatoms. The van der Waals surface area contributed by atoms with Crippen LogP contribution in [0.1, 0.15) is 33.4 Å². The van der Waals surface area contributed by atoms with Crippen molar-refractivity contribution < 1.29 is 0 Å². The third-order valence-corrected chi connectivity index (χ3v) is 6.55. The molecule has 2 aliphatic rings. The van der Waals surface area contributed by atoms with Crippen molar-refractivity contribution in [2.45, 2.75) is 13.6 Å². The van der Waals surface area contributed by atoms with E-state index in [1.807, 2.05) is 12.1 Å². The molecule has 0 amide bonds. The van der Waals surface area contributed by atoms with Gasteiger partial charge in [0.25, 0.3) is 0 Å². The highest BCUT2D eigenvalue weighted by atomic mass is 14.1. The van der Waals surface area contributed by atoms with E-state index in [4.69, 9.17) is 12.8 Å². The highest BCUT2D eigenvalue weighted by Crippen LogP contribution is 2.18. The van der Waals surface area contributed by atoms with Crippen LogP contribution < -0.4 is 21.9 Å². The number of benzene rings is 3. The maximum Gasteiger partial charge on any atom is 0.207 e. The maximum atomic E-state index is 5.62. The molecule has 0 N–H and O–H groups in total. The van der Waals surface area contributed by atoms with E-state index in [1.165, 1.54) is 44.1 Å². The molecule has 3 aromatic carbocycles. The number of fused-ring (bicyclic) bond motifs is 4. The van der Waals surface area contributed by atoms with E-state index in [9.17, 15) is 0 Å². The Balaban J connectivity index is 1.67. The predicted molar refractivity (Wildman–Crippen MR) is 135 cm³/mol. The summed E-state index contributed by atoms with van der Waals surface area (Å²) in [7, 11) is 0. The fourth-order valence-electron chi connectivity index (χ4n) is 4.81. The van der Waals surface area contributed by atoms with Gasteiger partial charge in [0.1, 0.15) is 0 Å². The van der Waals surface area contributed by atoms with Crippen LogP contribution in [-0.2, 0) is 0 Å². The average molecular weight is 378 g/mol. The summed E-state index contributed by atoms with van der Waals surface area (Å²) in [5.74, 6) is 5.51. The zero-order chi connectivity index (χ0) is 20.8. The van der Waals surface area contributed by atoms with Crippen molar-refractivity contribution in [2.75, 3.05) is 0 Å². The zero-order valence-corrected chi connectivity index (χ0v) is 17.2. The fraction of sp³-hybridized carbons (Fsp3) is 0.0714. The average Bonchev–Trinajstić information content (AvgIpc) is 3.00. The molecule has 0 spiro atoms. The monoisotopic (exact) mass is 378 g/mol. The SMILES string of the molecule is C#Cc1ccc2c(c1)C=Cc1cc3c(cc1B2C)C=Cc1cc(C#C)ccc1B3C. The summed E-state index contributed by atoms with van der Waals surface area (Å²) in [4.78, 5) is 0. The molecule has 0 atom stereocenters. The molecule has 0 fully saturated rings. The van der Waals surface area contributed by atoms with Gasteiger partial charge in [-0.25, -0.2) is 0 Å². The van der Waals surface area contributed by atoms with Crippen molar-refractivity contribution in [2.24, 2.45) is 0 Å². The van der Waals surface area contributed by atoms with Crippen molar-refractivity contribution in [3.8, 4) is 24.7 Å². The molecule has 5 rings (SSSR count). The predicted octanol–water partition coefficient (Wildman–Crippen LogP) is 3.09. The number of terminal acetylenes is 2. The van der Waals surface area contributed by atoms with Crippen molar-refractivity contribution in [3.63, 3.8) is 0 Å². The van der Waals surface area contributed by atoms with Crippen LogP contribution in [0.25, 0.3) is 24.3 Å². The van der Waals surface area contributed by atoms with E-state index < -0.39 is 0 Å². The molecule has 30 heavy (non-hydrogen) atoms. The maximum absolute atomic E-state index is 5.62. The minimum absolute atomic E-state index is 0.296. The van der Waals surface area contributed by atoms with Crippen LogP contribution in [0, 0.1) is 24.7 Å². The summed E-state index contributed by atoms with van der Waals surface area (Å²) < 4.78 is 0. The van der Waals surface area contributed by atoms with E-state index in [-0.39, 0.29) is 0 Å². The molecule has 0 saturated carbocycles. The first-order valence-electron chi connectivity index (χ1n) is 10.3. The molecule has 2 aliphatic heterocycles. The molecule has 0 radical (unpaired) electrons. The van der Waals surface area contributed by atoms with Gasteiger partial charge in [-0.05, 0) is 46.5 Å². The highest BCUT2D eigenvalue weighted by molar-refractivity contribution is 6.87. The van der Waals surface area contributed by atoms with Gasteiger partial charge in [0, 0.05) is 11.1 Å². The first-order valence-corrected chi connectivity index (χ1v) is 10.3. The van der Waals surface area contributed by atoms with Crippen LogP contribution in [0.2, 0.25) is 13.6 Å². The Bertz CT molecular complexity index is 1240. The molecule has 138 valence electrons. The summed E-state index contributed by atoms with van der Waals surface area (Å²) in [5.41, 5.74) is 12.2. The lowest BCUT2D eigenvalue weighted by molar-refractivity contribution is 1.65. The van der Waals surface area contributed by atoms with Crippen molar-refractivity contribution in [3.05, 3.63) is 81.9 Å². The lowest BCUT2D eigenvalue weighted by atomic mass is 9.38. The molecule has 2 heterocycles. The molecule has 0 unspecified atom stereocenters. The Hall–Kier alpha value is -3.61. The lowest BCUT2D eigenvalue weighted by Crippen LogP contribution is -2.45. The standard InChI is InChI=1S/C28H20B2/c1-5-19-7-13-25-21(15-19)9-11-23-17-28-24(18-27(23)29(25)3)12-10-22-16-20(6-2)8-14-26(22)30(28)4/h1-2,7-18H,3-4H3. The summed E-state index contributed by atoms with van der Waals surface area (Å²) in [6.45, 7) is 5.16. The van der Waals surface area contributed by atoms with E-state index in [0.29, 0.717) is 13.4 Å². The van der Waals surface area contributed by atoms with Crippen molar-refractivity contribution in [1.29, 1.82) is 0 Å². The van der Waals surface area contributed by atoms with Crippen LogP contribution in [0.3, 0.4) is 0 Å². The first-order chi connectivity index (χ1) is 14.6. The first kappa shape index (κ1) is 18.4. The van der Waals surface area contributed by atoms with E-state index >= 15 is 0 Å². The van der Waals surface area contributed by atoms with E-state index in [2.05, 4.69) is 86.2 Å². The fourth-order valence-corrected chi connectivity index (χ4v) is 4.81. The third kappa shape index (κ3) is 2.85. The van der Waals surface area contributed by atoms with Gasteiger partial charge in [-0.2, -0.15) is 0 Å². The second-order valence-corrected chi connectivity index (χ2v) is 8.20. The topological polar surface area (TPSA) is 0 Å². The quantitative estimate of drug-likeness (QED) is 0.417. The second kappa shape index (κ2) is 7.02. The van der Waals surface area contributed by atoms with Crippen molar-refractivity contribution >= 4 is 59.6 Å². The van der Waals surface area contributed by atoms with E-state index in [1.54, 1.807) is 0 Å². The van der Waals surface area contributed by atoms with Gasteiger partial charge in [-0.1, -0.05) is 95.9 Å². The van der Waals surface area contributed by atoms with Gasteiger partial charge in [0.15, 0.2) is 0 Å². The van der Waals surface area contributed by atoms with Gasteiger partial charge < -0.3 is 0 Å². The normalized spacial score (nSPS) is 13.2. The molecule has 3 aromatic rings. The second-order valence-electron chi connectivity index (χ2n) is 8.20. The Morgan fingerprint density at radius 3 is 1.27 bits per heavy atom. The van der Waals surface area contributed by atoms with Crippen LogP contribution in [0.5, 0.6) is 0 Å². The van der Waals surface area contributed by atoms with E-state index in [0.717, 1.165) is 11.1 Å². The summed E-state index contributed by atoms with van der Waals surface area (Å²) >= 11 is 0. The van der Waals surface area contributed by atoms with Gasteiger partial charge >= 0.3 is 0 Å². The van der Waals surface area contributed by atoms with Crippen LogP contribution in [-0.4, -0.2) is 13.4 Å². The smallest absolute Gasteiger partial charge is 0.115 e. The summed E-state index contributed by atoms with van der Waals surface area (Å²) in [6.07, 6.45) is 20.1. The summed E-state index contributed by atoms with van der Waals surface area (Å²) in [6, 6.07) is 17.4. The number of hydrogen-bond donors (Lipinski definition) is 0. The number of hydrogen-bond acceptors (Lipinski definition) is 0. The van der Waals surface area contributed by atoms with Crippen LogP contribution in [0.15, 0.2) is 48.5 Å². The van der Waals surface area contributed by atoms with Gasteiger partial charge in [0.2, 0.25) is 13.4 Å². The minimum atomic E-state index is 0.296. The molecule has 0 saturated heterocycles. The molecule has 0 nitrogen and oxygen atoms in total. The Kier molecular flexibility index (Phi) is 4.31. The minimum Gasteiger partial charge on any atom is -0.115 e. The molecule has 0 aromatic heterocycles. The highest BCUT2D eigenvalue weighted by Gasteiger charge is 2.26. The lowest BCUT2D eigenvalue weighted by Gasteiger charge is -2.18. The van der Waals surface area contributed by atoms with Crippen molar-refractivity contribution in [1.82, 2.24) is 0 Å². The largest absolute Gasteiger partial charge is 0.207 e. The van der Waals surface area contributed by atoms with Gasteiger partial charge in [0.05, 0.1) is 0 Å². The Morgan fingerprint density at radius 1 is 0.533 bits per heavy atom. The van der Waals surface area contributed by atoms with Gasteiger partial charge in [-0.15, -0.1) is 12.8 Å².